The largest absolute Gasteiger partial charge is 0.481 e. The highest BCUT2D eigenvalue weighted by Crippen LogP contribution is 2.60. The van der Waals surface area contributed by atoms with Crippen molar-refractivity contribution < 1.29 is 71.4 Å². The second-order valence-corrected chi connectivity index (χ2v) is 18.9. The molecule has 19 nitrogen and oxygen atoms in total. The molecule has 1 aromatic heterocycles. The summed E-state index contributed by atoms with van der Waals surface area (Å²) in [4.78, 5) is 61.5. The van der Waals surface area contributed by atoms with Crippen LogP contribution in [0, 0.1) is 5.92 Å². The minimum absolute atomic E-state index is 0.0254. The standard InChI is InChI=1S/C44H71N3O16P2/c1-4-35(48)26-22-18-13-11-9-7-5-6-8-10-12-14-19-23-27-39(49)58-31-36(61-40(50)28-24-20-16-15-17-21-25-34(2)3)32-59-64(54,55)63-65(56,57)60-33-37-41(51)42(52)43(62-37)47-30-29-38(45)46-44(47)53/h6-9,12-14,18,22,26,29-30,34-37,41-43,48,51-52H,4-5,10-11,15-17,19-21,23-25,27-28,31-33H2,1-3H3,(H,54,55)(H,56,57)(H2,45,46,53)/b8-6-,9-7-,14-12-,18-13-,26-22+/t35-,36+,37+,41+,42+,43+/m0/s1. The lowest BCUT2D eigenvalue weighted by Gasteiger charge is -2.21. The van der Waals surface area contributed by atoms with E-state index in [-0.39, 0.29) is 18.7 Å². The Labute approximate surface area is 382 Å². The van der Waals surface area contributed by atoms with Crippen LogP contribution in [0.15, 0.2) is 77.8 Å². The van der Waals surface area contributed by atoms with E-state index in [1.54, 1.807) is 6.08 Å². The zero-order valence-corrected chi connectivity index (χ0v) is 39.6. The van der Waals surface area contributed by atoms with Crippen LogP contribution >= 0.6 is 15.6 Å². The summed E-state index contributed by atoms with van der Waals surface area (Å²) in [6, 6.07) is 1.24. The number of hydrogen-bond acceptors (Lipinski definition) is 16. The number of nitrogen functional groups attached to an aromatic ring is 1. The maximum Gasteiger partial charge on any atom is 0.481 e. The summed E-state index contributed by atoms with van der Waals surface area (Å²) in [6.45, 7) is 3.89. The lowest BCUT2D eigenvalue weighted by Crippen LogP contribution is -2.36. The Morgan fingerprint density at radius 1 is 0.846 bits per heavy atom. The monoisotopic (exact) mass is 959 g/mol. The lowest BCUT2D eigenvalue weighted by molar-refractivity contribution is -0.161. The SMILES string of the molecule is CC[C@H](O)/C=C/C=C\C/C=C\C/C=C\C/C=C\CCCC(=O)OC[C@H](COP(=O)(O)OP(=O)(O)OC[C@H]1O[C@@H](n2ccc(N)nc2=O)[C@H](O)[C@@H]1O)OC(=O)CCCCCCCCC(C)C. The van der Waals surface area contributed by atoms with Gasteiger partial charge in [-0.25, -0.2) is 13.9 Å². The Morgan fingerprint density at radius 3 is 2.12 bits per heavy atom. The zero-order valence-electron chi connectivity index (χ0n) is 37.8. The second kappa shape index (κ2) is 32.2. The molecule has 1 fully saturated rings. The molecule has 2 rings (SSSR count). The maximum atomic E-state index is 12.8. The van der Waals surface area contributed by atoms with Crippen molar-refractivity contribution >= 4 is 33.4 Å². The molecule has 65 heavy (non-hydrogen) atoms. The van der Waals surface area contributed by atoms with Crippen molar-refractivity contribution in [3.05, 3.63) is 83.5 Å². The number of phosphoric ester groups is 2. The Bertz CT molecular complexity index is 1850. The van der Waals surface area contributed by atoms with Gasteiger partial charge in [0.1, 0.15) is 30.7 Å². The number of esters is 2. The molecule has 0 bridgehead atoms. The zero-order chi connectivity index (χ0) is 48.1. The molecule has 0 amide bonds. The van der Waals surface area contributed by atoms with Crippen molar-refractivity contribution in [2.24, 2.45) is 5.92 Å². The molecule has 1 saturated heterocycles. The molecule has 368 valence electrons. The molecule has 0 saturated carbocycles. The highest BCUT2D eigenvalue weighted by Gasteiger charge is 2.46. The van der Waals surface area contributed by atoms with E-state index in [0.717, 1.165) is 68.6 Å². The lowest BCUT2D eigenvalue weighted by atomic mass is 10.0. The van der Waals surface area contributed by atoms with Gasteiger partial charge in [-0.2, -0.15) is 9.29 Å². The normalized spacial score (nSPS) is 20.9. The first-order valence-electron chi connectivity index (χ1n) is 22.3. The summed E-state index contributed by atoms with van der Waals surface area (Å²) in [5.41, 5.74) is 4.56. The molecule has 1 aliphatic rings. The van der Waals surface area contributed by atoms with Crippen molar-refractivity contribution in [2.75, 3.05) is 25.6 Å². The number of carbonyl (C=O) groups excluding carboxylic acids is 2. The van der Waals surface area contributed by atoms with Gasteiger partial charge in [0.2, 0.25) is 0 Å². The van der Waals surface area contributed by atoms with Gasteiger partial charge in [0, 0.05) is 19.0 Å². The minimum Gasteiger partial charge on any atom is -0.462 e. The molecule has 1 aromatic rings. The molecule has 2 heterocycles. The molecule has 0 spiro atoms. The predicted molar refractivity (Wildman–Crippen MR) is 244 cm³/mol. The van der Waals surface area contributed by atoms with Crippen LogP contribution in [0.1, 0.15) is 123 Å². The number of aromatic nitrogens is 2. The van der Waals surface area contributed by atoms with Crippen LogP contribution in [0.2, 0.25) is 0 Å². The van der Waals surface area contributed by atoms with Crippen LogP contribution in [-0.2, 0) is 46.3 Å². The average molecular weight is 960 g/mol. The summed E-state index contributed by atoms with van der Waals surface area (Å²) in [5, 5.41) is 30.3. The van der Waals surface area contributed by atoms with Crippen molar-refractivity contribution in [3.8, 4) is 0 Å². The molecular weight excluding hydrogens is 888 g/mol. The first-order chi connectivity index (χ1) is 30.9. The third kappa shape index (κ3) is 26.4. The van der Waals surface area contributed by atoms with Gasteiger partial charge in [-0.1, -0.05) is 120 Å². The number of aliphatic hydroxyl groups is 3. The van der Waals surface area contributed by atoms with E-state index in [4.69, 9.17) is 29.0 Å². The highest BCUT2D eigenvalue weighted by atomic mass is 31.3. The van der Waals surface area contributed by atoms with E-state index < -0.39 is 89.8 Å². The van der Waals surface area contributed by atoms with E-state index in [0.29, 0.717) is 31.6 Å². The number of unbranched alkanes of at least 4 members (excludes halogenated alkanes) is 6. The van der Waals surface area contributed by atoms with Crippen molar-refractivity contribution in [1.29, 1.82) is 0 Å². The summed E-state index contributed by atoms with van der Waals surface area (Å²) >= 11 is 0. The molecule has 0 radical (unpaired) electrons. The van der Waals surface area contributed by atoms with Gasteiger partial charge in [-0.05, 0) is 56.9 Å². The highest BCUT2D eigenvalue weighted by molar-refractivity contribution is 7.61. The van der Waals surface area contributed by atoms with Gasteiger partial charge in [-0.3, -0.25) is 23.2 Å². The van der Waals surface area contributed by atoms with E-state index in [9.17, 15) is 48.6 Å². The number of ether oxygens (including phenoxy) is 3. The fourth-order valence-corrected chi connectivity index (χ4v) is 8.18. The quantitative estimate of drug-likeness (QED) is 0.0136. The van der Waals surface area contributed by atoms with Gasteiger partial charge in [0.15, 0.2) is 12.3 Å². The number of carbonyl (C=O) groups is 2. The molecule has 7 N–H and O–H groups in total. The average Bonchev–Trinajstić information content (AvgIpc) is 3.52. The molecule has 21 heteroatoms. The van der Waals surface area contributed by atoms with Gasteiger partial charge in [-0.15, -0.1) is 0 Å². The minimum atomic E-state index is -5.43. The van der Waals surface area contributed by atoms with E-state index in [1.165, 1.54) is 6.07 Å². The smallest absolute Gasteiger partial charge is 0.462 e. The Morgan fingerprint density at radius 2 is 1.46 bits per heavy atom. The first kappa shape index (κ1) is 57.5. The second-order valence-electron chi connectivity index (χ2n) is 15.8. The maximum absolute atomic E-state index is 12.8. The summed E-state index contributed by atoms with van der Waals surface area (Å²) in [6.07, 6.45) is 23.3. The van der Waals surface area contributed by atoms with Crippen LogP contribution in [0.4, 0.5) is 5.82 Å². The topological polar surface area (TPSA) is 286 Å². The molecule has 2 unspecified atom stereocenters. The molecule has 1 aliphatic heterocycles. The number of nitrogens with two attached hydrogens (primary N) is 1. The Kier molecular flexibility index (Phi) is 28.5. The fourth-order valence-electron chi connectivity index (χ4n) is 6.07. The Hall–Kier alpha value is -3.58. The van der Waals surface area contributed by atoms with Crippen LogP contribution in [0.25, 0.3) is 0 Å². The van der Waals surface area contributed by atoms with E-state index >= 15 is 0 Å². The van der Waals surface area contributed by atoms with Crippen LogP contribution in [-0.4, -0.2) is 96.9 Å². The molecule has 0 aromatic carbocycles. The van der Waals surface area contributed by atoms with E-state index in [1.807, 2.05) is 43.4 Å². The van der Waals surface area contributed by atoms with Crippen molar-refractivity contribution in [2.45, 2.75) is 154 Å². The molecule has 8 atom stereocenters. The van der Waals surface area contributed by atoms with Crippen LogP contribution in [0.3, 0.4) is 0 Å². The summed E-state index contributed by atoms with van der Waals surface area (Å²) in [7, 11) is -10.9. The Balaban J connectivity index is 1.85. The van der Waals surface area contributed by atoms with Crippen LogP contribution in [0.5, 0.6) is 0 Å². The van der Waals surface area contributed by atoms with Gasteiger partial charge in [0.25, 0.3) is 0 Å². The first-order valence-corrected chi connectivity index (χ1v) is 25.3. The molecular formula is C44H71N3O16P2. The van der Waals surface area contributed by atoms with E-state index in [2.05, 4.69) is 41.4 Å². The summed E-state index contributed by atoms with van der Waals surface area (Å²) in [5.74, 6) is -0.754. The predicted octanol–water partition coefficient (Wildman–Crippen LogP) is 6.82. The molecule has 0 aliphatic carbocycles. The summed E-state index contributed by atoms with van der Waals surface area (Å²) < 4.78 is 56.4. The number of anilines is 1. The number of allylic oxidation sites excluding steroid dienone is 9. The number of hydrogen-bond donors (Lipinski definition) is 6. The van der Waals surface area contributed by atoms with Crippen molar-refractivity contribution in [3.63, 3.8) is 0 Å². The third-order valence-electron chi connectivity index (χ3n) is 9.70. The van der Waals surface area contributed by atoms with Crippen molar-refractivity contribution in [1.82, 2.24) is 9.55 Å². The van der Waals surface area contributed by atoms with Crippen LogP contribution < -0.4 is 11.4 Å². The number of phosphoric acid groups is 2. The third-order valence-corrected chi connectivity index (χ3v) is 12.3. The van der Waals surface area contributed by atoms with Gasteiger partial charge >= 0.3 is 33.3 Å². The number of nitrogens with zero attached hydrogens (tertiary/aromatic N) is 2. The van der Waals surface area contributed by atoms with Gasteiger partial charge < -0.3 is 45.1 Å². The number of rotatable bonds is 34. The van der Waals surface area contributed by atoms with Gasteiger partial charge in [0.05, 0.1) is 19.3 Å². The fraction of sp³-hybridized carbons (Fsp3) is 0.636. The number of aliphatic hydroxyl groups excluding tert-OH is 3.